The van der Waals surface area contributed by atoms with Crippen molar-refractivity contribution in [1.82, 2.24) is 39.9 Å². The maximum Gasteiger partial charge on any atom is 0.264 e. The molecule has 0 bridgehead atoms. The predicted molar refractivity (Wildman–Crippen MR) is 260 cm³/mol. The van der Waals surface area contributed by atoms with Crippen LogP contribution in [0.15, 0.2) is 73.8 Å². The number of hydrogen-bond donors (Lipinski definition) is 3. The molecule has 2 aliphatic carbocycles. The van der Waals surface area contributed by atoms with Crippen molar-refractivity contribution >= 4 is 54.9 Å². The predicted octanol–water partition coefficient (Wildman–Crippen LogP) is 6.52. The lowest BCUT2D eigenvalue weighted by Crippen LogP contribution is -2.36. The zero-order valence-electron chi connectivity index (χ0n) is 38.3. The molecule has 360 valence electrons. The van der Waals surface area contributed by atoms with Gasteiger partial charge in [0.15, 0.2) is 0 Å². The van der Waals surface area contributed by atoms with Gasteiger partial charge < -0.3 is 39.8 Å². The van der Waals surface area contributed by atoms with E-state index in [0.29, 0.717) is 17.5 Å². The van der Waals surface area contributed by atoms with E-state index in [2.05, 4.69) is 72.4 Å². The van der Waals surface area contributed by atoms with Gasteiger partial charge >= 0.3 is 0 Å². The second-order valence-electron chi connectivity index (χ2n) is 17.2. The van der Waals surface area contributed by atoms with Crippen molar-refractivity contribution in [3.05, 3.63) is 85.5 Å². The Kier molecular flexibility index (Phi) is 16.0. The highest BCUT2D eigenvalue weighted by Crippen LogP contribution is 2.34. The minimum absolute atomic E-state index is 0. The van der Waals surface area contributed by atoms with E-state index in [-0.39, 0.29) is 20.8 Å². The summed E-state index contributed by atoms with van der Waals surface area (Å²) in [5, 5.41) is 18.5. The first-order valence-electron chi connectivity index (χ1n) is 23.0. The van der Waals surface area contributed by atoms with E-state index in [4.69, 9.17) is 18.4 Å². The molecule has 3 N–H and O–H groups in total. The molecule has 0 radical (unpaired) electrons. The van der Waals surface area contributed by atoms with Gasteiger partial charge in [0, 0.05) is 89.4 Å². The van der Waals surface area contributed by atoms with Gasteiger partial charge in [-0.3, -0.25) is 4.18 Å². The van der Waals surface area contributed by atoms with Crippen LogP contribution in [0.4, 0.5) is 23.0 Å². The minimum atomic E-state index is -3.35. The normalized spacial score (nSPS) is 21.1. The third-order valence-electron chi connectivity index (χ3n) is 12.1. The monoisotopic (exact) mass is 940 g/mol. The Morgan fingerprint density at radius 2 is 1.13 bits per heavy atom. The molecule has 6 heterocycles. The largest absolute Gasteiger partial charge is 0.507 e. The number of aromatic hydroxyl groups is 1. The summed E-state index contributed by atoms with van der Waals surface area (Å²) in [5.74, 6) is 4.35. The third kappa shape index (κ3) is 13.7. The Hall–Kier alpha value is -6.09. The number of benzene rings is 2. The standard InChI is InChI=1S/C23H28N6O2.C12H19N3O3S.C12H13N3O2.2H2/c1-16-25-7-6-23(27-16)28-17-2-4-19(5-3-17)31-22-13-18(29-8-10-30-11-9-29)12-21-20(22)14-24-15-26-21;1-9-13-8-7-12(14-9)15-10-3-5-11(6-4-10)18-19(2,16)17;16-12-6-9(15-1-3-17-4-2-15)5-11-10(12)7-13-8-14-11;;/h6-7,12-15,17,19H,2-5,8-11H2,1H3,(H,25,27,28);7-8,10-11H,3-6H2,1-2H3,(H,13,14,15);5-8,16H,1-4H2;2*1H. The molecule has 19 nitrogen and oxygen atoms in total. The summed E-state index contributed by atoms with van der Waals surface area (Å²) < 4.78 is 44.5. The lowest BCUT2D eigenvalue weighted by atomic mass is 9.93. The number of nitrogens with one attached hydrogen (secondary N) is 2. The van der Waals surface area contributed by atoms with E-state index in [1.54, 1.807) is 31.0 Å². The van der Waals surface area contributed by atoms with Gasteiger partial charge in [0.05, 0.1) is 66.7 Å². The van der Waals surface area contributed by atoms with Crippen LogP contribution in [0.25, 0.3) is 21.8 Å². The first kappa shape index (κ1) is 47.4. The number of hydrogen-bond acceptors (Lipinski definition) is 19. The highest BCUT2D eigenvalue weighted by molar-refractivity contribution is 7.86. The number of anilines is 4. The number of fused-ring (bicyclic) bond motifs is 2. The van der Waals surface area contributed by atoms with Crippen LogP contribution in [0.1, 0.15) is 65.9 Å². The summed E-state index contributed by atoms with van der Waals surface area (Å²) >= 11 is 0. The molecule has 2 saturated heterocycles. The van der Waals surface area contributed by atoms with E-state index in [1.807, 2.05) is 38.2 Å². The van der Waals surface area contributed by atoms with E-state index in [1.165, 1.54) is 6.33 Å². The fourth-order valence-corrected chi connectivity index (χ4v) is 9.43. The molecule has 4 aromatic heterocycles. The van der Waals surface area contributed by atoms with Crippen molar-refractivity contribution in [2.75, 3.05) is 79.3 Å². The van der Waals surface area contributed by atoms with Crippen LogP contribution in [0, 0.1) is 13.8 Å². The zero-order chi connectivity index (χ0) is 46.6. The number of ether oxygens (including phenoxy) is 3. The second kappa shape index (κ2) is 22.6. The molecular weight excluding hydrogens is 877 g/mol. The van der Waals surface area contributed by atoms with E-state index >= 15 is 0 Å². The Balaban J connectivity index is 0.000000178. The topological polar surface area (TPSA) is 225 Å². The SMILES string of the molecule is Cc1nccc(NC2CCC(OS(C)(=O)=O)CC2)n1.Cc1nccc(NC2CCC(Oc3cc(N4CCOCC4)cc4ncncc34)CC2)n1.Oc1cc(N2CCOCC2)cc2ncncc12.[HH].[HH]. The maximum absolute atomic E-state index is 11.1. The third-order valence-corrected chi connectivity index (χ3v) is 12.7. The number of aryl methyl sites for hydroxylation is 2. The Morgan fingerprint density at radius 1 is 0.657 bits per heavy atom. The summed E-state index contributed by atoms with van der Waals surface area (Å²) in [6, 6.07) is 12.5. The van der Waals surface area contributed by atoms with Crippen LogP contribution in [-0.2, 0) is 23.8 Å². The molecule has 0 unspecified atom stereocenters. The highest BCUT2D eigenvalue weighted by atomic mass is 32.2. The summed E-state index contributed by atoms with van der Waals surface area (Å²) in [7, 11) is -3.35. The lowest BCUT2D eigenvalue weighted by molar-refractivity contribution is 0.122. The Morgan fingerprint density at radius 3 is 1.64 bits per heavy atom. The van der Waals surface area contributed by atoms with Crippen molar-refractivity contribution in [2.24, 2.45) is 0 Å². The molecule has 4 fully saturated rings. The van der Waals surface area contributed by atoms with Gasteiger partial charge in [0.1, 0.15) is 47.4 Å². The lowest BCUT2D eigenvalue weighted by Gasteiger charge is -2.31. The zero-order valence-corrected chi connectivity index (χ0v) is 39.1. The molecule has 4 aliphatic rings. The summed E-state index contributed by atoms with van der Waals surface area (Å²) in [6.45, 7) is 10.2. The Labute approximate surface area is 394 Å². The summed E-state index contributed by atoms with van der Waals surface area (Å²) in [4.78, 5) is 38.3. The number of rotatable bonds is 10. The minimum Gasteiger partial charge on any atom is -0.507 e. The number of aromatic nitrogens is 8. The van der Waals surface area contributed by atoms with Gasteiger partial charge in [-0.1, -0.05) is 0 Å². The Bertz CT molecular complexity index is 2670. The smallest absolute Gasteiger partial charge is 0.264 e. The van der Waals surface area contributed by atoms with Crippen LogP contribution in [0.5, 0.6) is 11.5 Å². The average molecular weight is 941 g/mol. The van der Waals surface area contributed by atoms with E-state index in [9.17, 15) is 13.5 Å². The van der Waals surface area contributed by atoms with Crippen LogP contribution in [-0.4, -0.2) is 137 Å². The van der Waals surface area contributed by atoms with Gasteiger partial charge in [-0.25, -0.2) is 39.9 Å². The maximum atomic E-state index is 11.1. The average Bonchev–Trinajstić information content (AvgIpc) is 3.33. The molecule has 0 amide bonds. The van der Waals surface area contributed by atoms with Gasteiger partial charge in [0.25, 0.3) is 10.1 Å². The molecule has 67 heavy (non-hydrogen) atoms. The van der Waals surface area contributed by atoms with Gasteiger partial charge in [-0.15, -0.1) is 0 Å². The molecule has 2 saturated carbocycles. The first-order chi connectivity index (χ1) is 32.5. The van der Waals surface area contributed by atoms with Crippen molar-refractivity contribution < 1.29 is 34.8 Å². The number of nitrogens with zero attached hydrogens (tertiary/aromatic N) is 10. The van der Waals surface area contributed by atoms with Crippen molar-refractivity contribution in [2.45, 2.75) is 89.5 Å². The number of phenols is 1. The van der Waals surface area contributed by atoms with Crippen molar-refractivity contribution in [3.8, 4) is 11.5 Å². The van der Waals surface area contributed by atoms with Crippen LogP contribution in [0.3, 0.4) is 0 Å². The van der Waals surface area contributed by atoms with Crippen LogP contribution < -0.4 is 25.2 Å². The first-order valence-corrected chi connectivity index (χ1v) is 24.8. The van der Waals surface area contributed by atoms with Crippen molar-refractivity contribution in [3.63, 3.8) is 0 Å². The summed E-state index contributed by atoms with van der Waals surface area (Å²) in [6.07, 6.45) is 18.5. The van der Waals surface area contributed by atoms with Crippen molar-refractivity contribution in [1.29, 1.82) is 0 Å². The fourth-order valence-electron chi connectivity index (χ4n) is 8.74. The van der Waals surface area contributed by atoms with E-state index < -0.39 is 10.1 Å². The van der Waals surface area contributed by atoms with Crippen LogP contribution in [0.2, 0.25) is 0 Å². The van der Waals surface area contributed by atoms with Gasteiger partial charge in [0.2, 0.25) is 0 Å². The van der Waals surface area contributed by atoms with Crippen LogP contribution >= 0.6 is 0 Å². The quantitative estimate of drug-likeness (QED) is 0.124. The van der Waals surface area contributed by atoms with Gasteiger partial charge in [-0.2, -0.15) is 8.42 Å². The fraction of sp³-hybridized carbons (Fsp3) is 0.489. The molecule has 20 heteroatoms. The number of phenolic OH excluding ortho intramolecular Hbond substituents is 1. The summed E-state index contributed by atoms with van der Waals surface area (Å²) in [5.41, 5.74) is 3.81. The van der Waals surface area contributed by atoms with Gasteiger partial charge in [-0.05, 0) is 89.5 Å². The molecule has 0 atom stereocenters. The highest BCUT2D eigenvalue weighted by Gasteiger charge is 2.26. The molecule has 0 spiro atoms. The molecule has 2 aromatic carbocycles. The molecule has 6 aromatic rings. The number of morpholine rings is 2. The molecule has 10 rings (SSSR count). The molecular formula is C47H64N12O7S. The molecule has 2 aliphatic heterocycles. The van der Waals surface area contributed by atoms with E-state index in [0.717, 1.165) is 167 Å². The second-order valence-corrected chi connectivity index (χ2v) is 18.8.